The molecule has 1 aliphatic carbocycles. The second kappa shape index (κ2) is 3.69. The molecule has 0 bridgehead atoms. The quantitative estimate of drug-likeness (QED) is 0.618. The maximum atomic E-state index is 11.5. The number of hydrogen-bond acceptors (Lipinski definition) is 3. The van der Waals surface area contributed by atoms with Crippen molar-refractivity contribution in [2.45, 2.75) is 50.6 Å². The molecule has 14 heavy (non-hydrogen) atoms. The lowest BCUT2D eigenvalue weighted by atomic mass is 9.91. The number of rotatable bonds is 1. The predicted molar refractivity (Wildman–Crippen MR) is 51.3 cm³/mol. The Balaban J connectivity index is 2.05. The van der Waals surface area contributed by atoms with Gasteiger partial charge in [-0.25, -0.2) is 0 Å². The van der Waals surface area contributed by atoms with E-state index in [9.17, 15) is 9.59 Å². The maximum absolute atomic E-state index is 11.5. The summed E-state index contributed by atoms with van der Waals surface area (Å²) in [5, 5.41) is 0. The Morgan fingerprint density at radius 2 is 1.79 bits per heavy atom. The first-order valence-electron chi connectivity index (χ1n) is 5.29. The summed E-state index contributed by atoms with van der Waals surface area (Å²) in [7, 11) is 0. The molecule has 2 rings (SSSR count). The lowest BCUT2D eigenvalue weighted by molar-refractivity contribution is -0.141. The van der Waals surface area contributed by atoms with Crippen LogP contribution in [0.5, 0.6) is 0 Å². The van der Waals surface area contributed by atoms with Gasteiger partial charge >= 0.3 is 0 Å². The number of nitrogens with zero attached hydrogens (tertiary/aromatic N) is 1. The van der Waals surface area contributed by atoms with Gasteiger partial charge in [-0.05, 0) is 25.7 Å². The van der Waals surface area contributed by atoms with Crippen LogP contribution >= 0.6 is 0 Å². The normalized spacial score (nSPS) is 33.9. The third-order valence-corrected chi connectivity index (χ3v) is 3.14. The Kier molecular flexibility index (Phi) is 2.54. The standard InChI is InChI=1S/C10H16N2O2/c11-7-2-1-3-8(6-7)12-9(13)4-5-10(12)14/h7-8H,1-6,11H2/t7-,8?/m0/s1. The second-order valence-electron chi connectivity index (χ2n) is 4.24. The molecule has 2 atom stereocenters. The molecule has 0 radical (unpaired) electrons. The van der Waals surface area contributed by atoms with Crippen molar-refractivity contribution in [3.63, 3.8) is 0 Å². The maximum Gasteiger partial charge on any atom is 0.229 e. The van der Waals surface area contributed by atoms with Crippen LogP contribution in [0.25, 0.3) is 0 Å². The Morgan fingerprint density at radius 1 is 1.14 bits per heavy atom. The molecule has 2 aliphatic rings. The van der Waals surface area contributed by atoms with E-state index < -0.39 is 0 Å². The summed E-state index contributed by atoms with van der Waals surface area (Å²) < 4.78 is 0. The number of nitrogens with two attached hydrogens (primary N) is 1. The molecular formula is C10H16N2O2. The molecule has 1 heterocycles. The molecule has 1 unspecified atom stereocenters. The fourth-order valence-corrected chi connectivity index (χ4v) is 2.44. The number of hydrogen-bond donors (Lipinski definition) is 1. The fourth-order valence-electron chi connectivity index (χ4n) is 2.44. The van der Waals surface area contributed by atoms with Crippen molar-refractivity contribution < 1.29 is 9.59 Å². The minimum absolute atomic E-state index is 0.00546. The minimum Gasteiger partial charge on any atom is -0.328 e. The lowest BCUT2D eigenvalue weighted by Gasteiger charge is -2.32. The molecule has 0 aromatic carbocycles. The molecule has 4 heteroatoms. The molecule has 1 saturated carbocycles. The smallest absolute Gasteiger partial charge is 0.229 e. The molecule has 0 aromatic rings. The summed E-state index contributed by atoms with van der Waals surface area (Å²) in [4.78, 5) is 24.4. The van der Waals surface area contributed by atoms with Gasteiger partial charge in [-0.3, -0.25) is 14.5 Å². The monoisotopic (exact) mass is 196 g/mol. The van der Waals surface area contributed by atoms with Crippen molar-refractivity contribution >= 4 is 11.8 Å². The average molecular weight is 196 g/mol. The largest absolute Gasteiger partial charge is 0.328 e. The van der Waals surface area contributed by atoms with E-state index in [-0.39, 0.29) is 23.9 Å². The highest BCUT2D eigenvalue weighted by molar-refractivity contribution is 6.02. The van der Waals surface area contributed by atoms with Crippen LogP contribution in [0.1, 0.15) is 38.5 Å². The van der Waals surface area contributed by atoms with Crippen molar-refractivity contribution in [2.24, 2.45) is 5.73 Å². The topological polar surface area (TPSA) is 63.4 Å². The molecule has 0 aromatic heterocycles. The lowest BCUT2D eigenvalue weighted by Crippen LogP contribution is -2.45. The highest BCUT2D eigenvalue weighted by Gasteiger charge is 2.36. The van der Waals surface area contributed by atoms with Gasteiger partial charge in [-0.15, -0.1) is 0 Å². The Labute approximate surface area is 83.4 Å². The second-order valence-corrected chi connectivity index (χ2v) is 4.24. The zero-order valence-electron chi connectivity index (χ0n) is 8.24. The zero-order chi connectivity index (χ0) is 10.1. The average Bonchev–Trinajstić information content (AvgIpc) is 2.46. The Morgan fingerprint density at radius 3 is 2.36 bits per heavy atom. The van der Waals surface area contributed by atoms with Crippen LogP contribution in [0.2, 0.25) is 0 Å². The van der Waals surface area contributed by atoms with Gasteiger partial charge in [0, 0.05) is 24.9 Å². The van der Waals surface area contributed by atoms with Crippen molar-refractivity contribution in [1.29, 1.82) is 0 Å². The third kappa shape index (κ3) is 1.66. The Bertz CT molecular complexity index is 249. The van der Waals surface area contributed by atoms with Crippen LogP contribution in [0.15, 0.2) is 0 Å². The molecule has 4 nitrogen and oxygen atoms in total. The first kappa shape index (κ1) is 9.65. The van der Waals surface area contributed by atoms with Gasteiger partial charge in [0.2, 0.25) is 11.8 Å². The molecule has 2 fully saturated rings. The molecule has 2 amide bonds. The van der Waals surface area contributed by atoms with Gasteiger partial charge in [-0.1, -0.05) is 0 Å². The van der Waals surface area contributed by atoms with Crippen LogP contribution in [0.4, 0.5) is 0 Å². The van der Waals surface area contributed by atoms with E-state index in [2.05, 4.69) is 0 Å². The number of amides is 2. The third-order valence-electron chi connectivity index (χ3n) is 3.14. The van der Waals surface area contributed by atoms with E-state index in [1.54, 1.807) is 0 Å². The number of imide groups is 1. The van der Waals surface area contributed by atoms with Gasteiger partial charge in [0.15, 0.2) is 0 Å². The van der Waals surface area contributed by atoms with Crippen LogP contribution < -0.4 is 5.73 Å². The zero-order valence-corrected chi connectivity index (χ0v) is 8.24. The van der Waals surface area contributed by atoms with E-state index in [4.69, 9.17) is 5.73 Å². The van der Waals surface area contributed by atoms with Crippen molar-refractivity contribution in [2.75, 3.05) is 0 Å². The molecule has 78 valence electrons. The highest BCUT2D eigenvalue weighted by atomic mass is 16.2. The summed E-state index contributed by atoms with van der Waals surface area (Å²) in [5.41, 5.74) is 5.83. The SMILES string of the molecule is N[C@H]1CCCC(N2C(=O)CCC2=O)C1. The molecular weight excluding hydrogens is 180 g/mol. The summed E-state index contributed by atoms with van der Waals surface area (Å²) >= 11 is 0. The predicted octanol–water partition coefficient (Wildman–Crippen LogP) is 0.405. The van der Waals surface area contributed by atoms with Crippen molar-refractivity contribution in [1.82, 2.24) is 4.90 Å². The molecule has 2 N–H and O–H groups in total. The minimum atomic E-state index is -0.00546. The van der Waals surface area contributed by atoms with E-state index in [0.717, 1.165) is 25.7 Å². The van der Waals surface area contributed by atoms with Gasteiger partial charge in [-0.2, -0.15) is 0 Å². The van der Waals surface area contributed by atoms with Crippen LogP contribution in [-0.4, -0.2) is 28.8 Å². The molecule has 1 aliphatic heterocycles. The van der Waals surface area contributed by atoms with Crippen molar-refractivity contribution in [3.05, 3.63) is 0 Å². The highest BCUT2D eigenvalue weighted by Crippen LogP contribution is 2.26. The van der Waals surface area contributed by atoms with Gasteiger partial charge in [0.25, 0.3) is 0 Å². The summed E-state index contributed by atoms with van der Waals surface area (Å²) in [6.07, 6.45) is 4.56. The number of likely N-dealkylation sites (tertiary alicyclic amines) is 1. The van der Waals surface area contributed by atoms with Gasteiger partial charge < -0.3 is 5.73 Å². The van der Waals surface area contributed by atoms with E-state index in [0.29, 0.717) is 12.8 Å². The summed E-state index contributed by atoms with van der Waals surface area (Å²) in [6.45, 7) is 0. The van der Waals surface area contributed by atoms with Crippen molar-refractivity contribution in [3.8, 4) is 0 Å². The van der Waals surface area contributed by atoms with E-state index in [1.807, 2.05) is 0 Å². The fraction of sp³-hybridized carbons (Fsp3) is 0.800. The summed E-state index contributed by atoms with van der Waals surface area (Å²) in [6, 6.07) is 0.246. The first-order chi connectivity index (χ1) is 6.68. The summed E-state index contributed by atoms with van der Waals surface area (Å²) in [5.74, 6) is -0.0109. The van der Waals surface area contributed by atoms with Gasteiger partial charge in [0.1, 0.15) is 0 Å². The van der Waals surface area contributed by atoms with Crippen LogP contribution in [0, 0.1) is 0 Å². The van der Waals surface area contributed by atoms with E-state index >= 15 is 0 Å². The first-order valence-corrected chi connectivity index (χ1v) is 5.29. The Hall–Kier alpha value is -0.900. The van der Waals surface area contributed by atoms with E-state index in [1.165, 1.54) is 4.90 Å². The number of carbonyl (C=O) groups excluding carboxylic acids is 2. The van der Waals surface area contributed by atoms with Gasteiger partial charge in [0.05, 0.1) is 0 Å². The number of carbonyl (C=O) groups is 2. The van der Waals surface area contributed by atoms with Crippen LogP contribution in [0.3, 0.4) is 0 Å². The molecule has 0 spiro atoms. The molecule has 1 saturated heterocycles. The van der Waals surface area contributed by atoms with Crippen LogP contribution in [-0.2, 0) is 9.59 Å².